The standard InChI is InChI=1S/C16H20N6O/c1-21(2)12-5-6-18-13(9-12)16(23)20-14-10-17-11-19-15(14)22-7-3-4-8-22/h5-6,9-11H,3-4,7-8H2,1-2H3,(H,20,23). The SMILES string of the molecule is CN(C)c1ccnc(C(=O)Nc2cncnc2N2CCCC2)c1. The second-order valence-electron chi connectivity index (χ2n) is 5.70. The van der Waals surface area contributed by atoms with Crippen molar-refractivity contribution in [1.29, 1.82) is 0 Å². The number of amides is 1. The molecule has 0 spiro atoms. The Labute approximate surface area is 135 Å². The number of carbonyl (C=O) groups is 1. The molecular formula is C16H20N6O. The van der Waals surface area contributed by atoms with Gasteiger partial charge in [0.15, 0.2) is 5.82 Å². The van der Waals surface area contributed by atoms with Crippen LogP contribution in [0.4, 0.5) is 17.2 Å². The van der Waals surface area contributed by atoms with E-state index < -0.39 is 0 Å². The maximum atomic E-state index is 12.5. The summed E-state index contributed by atoms with van der Waals surface area (Å²) >= 11 is 0. The van der Waals surface area contributed by atoms with Crippen molar-refractivity contribution in [2.24, 2.45) is 0 Å². The molecule has 120 valence electrons. The average Bonchev–Trinajstić information content (AvgIpc) is 3.09. The van der Waals surface area contributed by atoms with Crippen molar-refractivity contribution in [2.75, 3.05) is 42.3 Å². The Morgan fingerprint density at radius 2 is 2.04 bits per heavy atom. The monoisotopic (exact) mass is 312 g/mol. The van der Waals surface area contributed by atoms with Gasteiger partial charge in [0, 0.05) is 39.1 Å². The molecule has 7 nitrogen and oxygen atoms in total. The first-order valence-corrected chi connectivity index (χ1v) is 7.65. The third kappa shape index (κ3) is 3.39. The topological polar surface area (TPSA) is 74.2 Å². The van der Waals surface area contributed by atoms with Gasteiger partial charge in [0.05, 0.1) is 6.20 Å². The normalized spacial score (nSPS) is 13.9. The lowest BCUT2D eigenvalue weighted by molar-refractivity contribution is 0.102. The summed E-state index contributed by atoms with van der Waals surface area (Å²) in [5.74, 6) is 0.513. The van der Waals surface area contributed by atoms with Crippen molar-refractivity contribution < 1.29 is 4.79 Å². The smallest absolute Gasteiger partial charge is 0.274 e. The number of carbonyl (C=O) groups excluding carboxylic acids is 1. The van der Waals surface area contributed by atoms with Gasteiger partial charge in [0.25, 0.3) is 5.91 Å². The lowest BCUT2D eigenvalue weighted by Crippen LogP contribution is -2.23. The molecule has 7 heteroatoms. The van der Waals surface area contributed by atoms with E-state index in [1.54, 1.807) is 18.5 Å². The van der Waals surface area contributed by atoms with Crippen LogP contribution in [0.25, 0.3) is 0 Å². The van der Waals surface area contributed by atoms with Crippen LogP contribution in [-0.2, 0) is 0 Å². The molecule has 0 saturated carbocycles. The fourth-order valence-corrected chi connectivity index (χ4v) is 2.60. The molecule has 2 aromatic rings. The zero-order valence-corrected chi connectivity index (χ0v) is 13.4. The predicted octanol–water partition coefficient (Wildman–Crippen LogP) is 1.79. The Balaban J connectivity index is 1.82. The minimum atomic E-state index is -0.260. The van der Waals surface area contributed by atoms with Crippen LogP contribution in [-0.4, -0.2) is 48.0 Å². The second kappa shape index (κ2) is 6.60. The van der Waals surface area contributed by atoms with Crippen LogP contribution in [0.1, 0.15) is 23.3 Å². The first kappa shape index (κ1) is 15.2. The molecule has 1 amide bonds. The molecule has 2 aromatic heterocycles. The second-order valence-corrected chi connectivity index (χ2v) is 5.70. The molecule has 3 rings (SSSR count). The summed E-state index contributed by atoms with van der Waals surface area (Å²) in [6.45, 7) is 1.91. The zero-order valence-electron chi connectivity index (χ0n) is 13.4. The number of aromatic nitrogens is 3. The van der Waals surface area contributed by atoms with Crippen LogP contribution in [0.2, 0.25) is 0 Å². The molecule has 0 unspecified atom stereocenters. The predicted molar refractivity (Wildman–Crippen MR) is 90.0 cm³/mol. The van der Waals surface area contributed by atoms with E-state index in [4.69, 9.17) is 0 Å². The van der Waals surface area contributed by atoms with E-state index >= 15 is 0 Å². The molecule has 0 radical (unpaired) electrons. The lowest BCUT2D eigenvalue weighted by atomic mass is 10.3. The molecule has 0 bridgehead atoms. The first-order valence-electron chi connectivity index (χ1n) is 7.65. The molecule has 1 fully saturated rings. The maximum absolute atomic E-state index is 12.5. The Bertz CT molecular complexity index is 696. The Kier molecular flexibility index (Phi) is 4.36. The number of hydrogen-bond donors (Lipinski definition) is 1. The number of pyridine rings is 1. The average molecular weight is 312 g/mol. The number of nitrogens with zero attached hydrogens (tertiary/aromatic N) is 5. The number of nitrogens with one attached hydrogen (secondary N) is 1. The van der Waals surface area contributed by atoms with E-state index in [0.29, 0.717) is 11.4 Å². The van der Waals surface area contributed by atoms with Gasteiger partial charge in [-0.1, -0.05) is 0 Å². The lowest BCUT2D eigenvalue weighted by Gasteiger charge is -2.19. The molecule has 1 N–H and O–H groups in total. The highest BCUT2D eigenvalue weighted by atomic mass is 16.1. The molecule has 1 aliphatic rings. The van der Waals surface area contributed by atoms with Gasteiger partial charge in [-0.3, -0.25) is 9.78 Å². The van der Waals surface area contributed by atoms with Crippen LogP contribution in [0.5, 0.6) is 0 Å². The van der Waals surface area contributed by atoms with Crippen molar-refractivity contribution >= 4 is 23.1 Å². The Hall–Kier alpha value is -2.70. The van der Waals surface area contributed by atoms with E-state index in [0.717, 1.165) is 37.4 Å². The van der Waals surface area contributed by atoms with Crippen molar-refractivity contribution in [3.63, 3.8) is 0 Å². The molecular weight excluding hydrogens is 292 g/mol. The largest absolute Gasteiger partial charge is 0.378 e. The van der Waals surface area contributed by atoms with Crippen LogP contribution in [0, 0.1) is 0 Å². The van der Waals surface area contributed by atoms with Gasteiger partial charge in [0.2, 0.25) is 0 Å². The molecule has 0 aromatic carbocycles. The minimum Gasteiger partial charge on any atom is -0.378 e. The number of hydrogen-bond acceptors (Lipinski definition) is 6. The zero-order chi connectivity index (χ0) is 16.2. The van der Waals surface area contributed by atoms with E-state index in [-0.39, 0.29) is 5.91 Å². The van der Waals surface area contributed by atoms with E-state index in [1.807, 2.05) is 25.1 Å². The summed E-state index contributed by atoms with van der Waals surface area (Å²) in [7, 11) is 3.85. The summed E-state index contributed by atoms with van der Waals surface area (Å²) in [6.07, 6.45) is 7.06. The number of rotatable bonds is 4. The van der Waals surface area contributed by atoms with Gasteiger partial charge < -0.3 is 15.1 Å². The van der Waals surface area contributed by atoms with Gasteiger partial charge in [0.1, 0.15) is 17.7 Å². The van der Waals surface area contributed by atoms with Gasteiger partial charge in [-0.05, 0) is 25.0 Å². The molecule has 0 aliphatic carbocycles. The summed E-state index contributed by atoms with van der Waals surface area (Å²) in [6, 6.07) is 3.62. The summed E-state index contributed by atoms with van der Waals surface area (Å²) in [5.41, 5.74) is 1.91. The molecule has 1 aliphatic heterocycles. The third-order valence-corrected chi connectivity index (χ3v) is 3.84. The fourth-order valence-electron chi connectivity index (χ4n) is 2.60. The van der Waals surface area contributed by atoms with E-state index in [1.165, 1.54) is 6.33 Å². The fraction of sp³-hybridized carbons (Fsp3) is 0.375. The highest BCUT2D eigenvalue weighted by molar-refractivity contribution is 6.04. The maximum Gasteiger partial charge on any atom is 0.274 e. The van der Waals surface area contributed by atoms with Crippen molar-refractivity contribution in [3.8, 4) is 0 Å². The highest BCUT2D eigenvalue weighted by Gasteiger charge is 2.19. The van der Waals surface area contributed by atoms with Gasteiger partial charge >= 0.3 is 0 Å². The van der Waals surface area contributed by atoms with E-state index in [9.17, 15) is 4.79 Å². The molecule has 1 saturated heterocycles. The summed E-state index contributed by atoms with van der Waals surface area (Å²) in [5, 5.41) is 2.88. The summed E-state index contributed by atoms with van der Waals surface area (Å²) < 4.78 is 0. The van der Waals surface area contributed by atoms with Crippen molar-refractivity contribution in [2.45, 2.75) is 12.8 Å². The van der Waals surface area contributed by atoms with Crippen LogP contribution in [0.15, 0.2) is 30.9 Å². The van der Waals surface area contributed by atoms with E-state index in [2.05, 4.69) is 25.2 Å². The molecule has 3 heterocycles. The van der Waals surface area contributed by atoms with Crippen molar-refractivity contribution in [1.82, 2.24) is 15.0 Å². The van der Waals surface area contributed by atoms with Gasteiger partial charge in [-0.25, -0.2) is 9.97 Å². The van der Waals surface area contributed by atoms with Crippen LogP contribution < -0.4 is 15.1 Å². The Morgan fingerprint density at radius 3 is 2.78 bits per heavy atom. The molecule has 23 heavy (non-hydrogen) atoms. The summed E-state index contributed by atoms with van der Waals surface area (Å²) in [4.78, 5) is 29.1. The van der Waals surface area contributed by atoms with Crippen LogP contribution in [0.3, 0.4) is 0 Å². The Morgan fingerprint density at radius 1 is 1.26 bits per heavy atom. The molecule has 0 atom stereocenters. The van der Waals surface area contributed by atoms with Gasteiger partial charge in [-0.15, -0.1) is 0 Å². The quantitative estimate of drug-likeness (QED) is 0.928. The van der Waals surface area contributed by atoms with Gasteiger partial charge in [-0.2, -0.15) is 0 Å². The first-order chi connectivity index (χ1) is 11.1. The minimum absolute atomic E-state index is 0.260. The highest BCUT2D eigenvalue weighted by Crippen LogP contribution is 2.25. The van der Waals surface area contributed by atoms with Crippen LogP contribution >= 0.6 is 0 Å². The number of anilines is 3. The van der Waals surface area contributed by atoms with Crippen molar-refractivity contribution in [3.05, 3.63) is 36.5 Å². The third-order valence-electron chi connectivity index (χ3n) is 3.84.